The van der Waals surface area contributed by atoms with E-state index in [9.17, 15) is 4.79 Å². The molecule has 7 heteroatoms. The van der Waals surface area contributed by atoms with Crippen molar-refractivity contribution in [1.82, 2.24) is 24.5 Å². The molecule has 2 heterocycles. The molecule has 0 saturated carbocycles. The number of carbonyl (C=O) groups excluding carboxylic acids is 1. The molecule has 1 amide bonds. The second-order valence-electron chi connectivity index (χ2n) is 6.88. The molecule has 2 aromatic heterocycles. The van der Waals surface area contributed by atoms with Crippen LogP contribution in [0.1, 0.15) is 34.8 Å². The van der Waals surface area contributed by atoms with Crippen LogP contribution in [0.4, 0.5) is 0 Å². The Balaban J connectivity index is 1.90. The van der Waals surface area contributed by atoms with E-state index in [0.29, 0.717) is 11.6 Å². The maximum Gasteiger partial charge on any atom is 0.225 e. The molecule has 0 spiro atoms. The molecule has 4 rings (SSSR count). The summed E-state index contributed by atoms with van der Waals surface area (Å²) in [4.78, 5) is 16.0. The lowest BCUT2D eigenvalue weighted by molar-refractivity contribution is -0.117. The first-order valence-corrected chi connectivity index (χ1v) is 8.81. The number of carbonyl (C=O) groups is 1. The Morgan fingerprint density at radius 2 is 1.96 bits per heavy atom. The van der Waals surface area contributed by atoms with Gasteiger partial charge >= 0.3 is 0 Å². The lowest BCUT2D eigenvalue weighted by Gasteiger charge is -2.08. The molecule has 26 heavy (non-hydrogen) atoms. The van der Waals surface area contributed by atoms with Crippen LogP contribution in [0.5, 0.6) is 0 Å². The predicted molar refractivity (Wildman–Crippen MR) is 98.0 cm³/mol. The van der Waals surface area contributed by atoms with Gasteiger partial charge in [0.25, 0.3) is 0 Å². The first kappa shape index (κ1) is 16.5. The topological polar surface area (TPSA) is 91.6 Å². The molecule has 1 aromatic carbocycles. The average Bonchev–Trinajstić information content (AvgIpc) is 3.25. The zero-order valence-electron chi connectivity index (χ0n) is 15.3. The van der Waals surface area contributed by atoms with Crippen LogP contribution >= 0.6 is 0 Å². The van der Waals surface area contributed by atoms with Crippen molar-refractivity contribution >= 4 is 5.91 Å². The molecule has 0 radical (unpaired) electrons. The van der Waals surface area contributed by atoms with E-state index in [1.807, 2.05) is 30.3 Å². The molecule has 0 bridgehead atoms. The summed E-state index contributed by atoms with van der Waals surface area (Å²) in [5, 5.41) is 9.08. The summed E-state index contributed by atoms with van der Waals surface area (Å²) in [5.41, 5.74) is 11.9. The van der Waals surface area contributed by atoms with E-state index in [0.717, 1.165) is 35.5 Å². The Labute approximate surface area is 151 Å². The fourth-order valence-electron chi connectivity index (χ4n) is 3.71. The van der Waals surface area contributed by atoms with Gasteiger partial charge in [0.15, 0.2) is 11.6 Å². The van der Waals surface area contributed by atoms with Crippen LogP contribution in [0.15, 0.2) is 18.2 Å². The normalized spacial score (nSPS) is 13.2. The summed E-state index contributed by atoms with van der Waals surface area (Å²) in [5.74, 6) is 0.681. The minimum absolute atomic E-state index is 0.0172. The Kier molecular flexibility index (Phi) is 3.86. The first-order valence-electron chi connectivity index (χ1n) is 8.81. The molecule has 1 aliphatic carbocycles. The van der Waals surface area contributed by atoms with Gasteiger partial charge in [0.2, 0.25) is 5.91 Å². The minimum Gasteiger partial charge on any atom is -0.369 e. The van der Waals surface area contributed by atoms with Crippen molar-refractivity contribution in [2.24, 2.45) is 12.8 Å². The number of primary amides is 1. The third-order valence-corrected chi connectivity index (χ3v) is 5.04. The van der Waals surface area contributed by atoms with Gasteiger partial charge < -0.3 is 5.73 Å². The molecule has 7 nitrogen and oxygen atoms in total. The molecule has 1 aliphatic rings. The highest BCUT2D eigenvalue weighted by atomic mass is 16.1. The number of hydrogen-bond acceptors (Lipinski definition) is 4. The highest BCUT2D eigenvalue weighted by Gasteiger charge is 2.22. The highest BCUT2D eigenvalue weighted by Crippen LogP contribution is 2.29. The monoisotopic (exact) mass is 350 g/mol. The molecule has 0 atom stereocenters. The van der Waals surface area contributed by atoms with Gasteiger partial charge in [0.1, 0.15) is 0 Å². The smallest absolute Gasteiger partial charge is 0.225 e. The second kappa shape index (κ2) is 6.09. The number of nitrogens with zero attached hydrogens (tertiary/aromatic N) is 5. The van der Waals surface area contributed by atoms with E-state index >= 15 is 0 Å². The standard InChI is InChI=1S/C19H22N6O/c1-11-18(12(2)24(3)22-11)19-21-17(10-16(20)26)23-25(19)15-8-7-13-5-4-6-14(13)9-15/h7-9H,4-6,10H2,1-3H3,(H2,20,26). The van der Waals surface area contributed by atoms with E-state index in [2.05, 4.69) is 33.4 Å². The number of aromatic nitrogens is 5. The quantitative estimate of drug-likeness (QED) is 0.777. The molecule has 134 valence electrons. The second-order valence-corrected chi connectivity index (χ2v) is 6.88. The lowest BCUT2D eigenvalue weighted by Crippen LogP contribution is -2.14. The number of aryl methyl sites for hydroxylation is 4. The Morgan fingerprint density at radius 3 is 2.65 bits per heavy atom. The molecule has 3 aromatic rings. The average molecular weight is 350 g/mol. The molecule has 2 N–H and O–H groups in total. The molecule has 0 saturated heterocycles. The Bertz CT molecular complexity index is 1010. The molecule has 0 fully saturated rings. The van der Waals surface area contributed by atoms with E-state index < -0.39 is 5.91 Å². The number of hydrogen-bond donors (Lipinski definition) is 1. The van der Waals surface area contributed by atoms with Gasteiger partial charge in [-0.1, -0.05) is 6.07 Å². The summed E-state index contributed by atoms with van der Waals surface area (Å²) in [6, 6.07) is 6.41. The van der Waals surface area contributed by atoms with Crippen molar-refractivity contribution < 1.29 is 4.79 Å². The molecular formula is C19H22N6O. The zero-order valence-corrected chi connectivity index (χ0v) is 15.3. The Morgan fingerprint density at radius 1 is 1.19 bits per heavy atom. The van der Waals surface area contributed by atoms with Crippen LogP contribution in [0.3, 0.4) is 0 Å². The van der Waals surface area contributed by atoms with Gasteiger partial charge in [-0.25, -0.2) is 9.67 Å². The van der Waals surface area contributed by atoms with E-state index in [4.69, 9.17) is 5.73 Å². The molecule has 0 unspecified atom stereocenters. The van der Waals surface area contributed by atoms with Gasteiger partial charge in [-0.2, -0.15) is 10.2 Å². The van der Waals surface area contributed by atoms with Crippen molar-refractivity contribution in [3.8, 4) is 17.1 Å². The third-order valence-electron chi connectivity index (χ3n) is 5.04. The minimum atomic E-state index is -0.442. The lowest BCUT2D eigenvalue weighted by atomic mass is 10.1. The van der Waals surface area contributed by atoms with Crippen LogP contribution < -0.4 is 5.73 Å². The van der Waals surface area contributed by atoms with Crippen LogP contribution in [0.25, 0.3) is 17.1 Å². The van der Waals surface area contributed by atoms with Gasteiger partial charge in [0, 0.05) is 12.7 Å². The van der Waals surface area contributed by atoms with E-state index in [-0.39, 0.29) is 6.42 Å². The summed E-state index contributed by atoms with van der Waals surface area (Å²) in [6.45, 7) is 3.96. The van der Waals surface area contributed by atoms with Crippen LogP contribution in [0.2, 0.25) is 0 Å². The number of fused-ring (bicyclic) bond motifs is 1. The van der Waals surface area contributed by atoms with Crippen molar-refractivity contribution in [2.45, 2.75) is 39.5 Å². The number of amides is 1. The van der Waals surface area contributed by atoms with Gasteiger partial charge in [-0.3, -0.25) is 9.48 Å². The van der Waals surface area contributed by atoms with Gasteiger partial charge in [-0.15, -0.1) is 0 Å². The largest absolute Gasteiger partial charge is 0.369 e. The van der Waals surface area contributed by atoms with E-state index in [1.165, 1.54) is 17.5 Å². The van der Waals surface area contributed by atoms with Crippen molar-refractivity contribution in [2.75, 3.05) is 0 Å². The molecule has 0 aliphatic heterocycles. The summed E-state index contributed by atoms with van der Waals surface area (Å²) >= 11 is 0. The molecular weight excluding hydrogens is 328 g/mol. The van der Waals surface area contributed by atoms with Crippen LogP contribution in [-0.4, -0.2) is 30.5 Å². The van der Waals surface area contributed by atoms with Gasteiger partial charge in [-0.05, 0) is 56.4 Å². The number of benzene rings is 1. The summed E-state index contributed by atoms with van der Waals surface area (Å²) in [6.07, 6.45) is 3.43. The maximum absolute atomic E-state index is 11.4. The van der Waals surface area contributed by atoms with Crippen molar-refractivity contribution in [1.29, 1.82) is 0 Å². The number of nitrogens with two attached hydrogens (primary N) is 1. The highest BCUT2D eigenvalue weighted by molar-refractivity contribution is 5.76. The zero-order chi connectivity index (χ0) is 18.4. The predicted octanol–water partition coefficient (Wildman–Crippen LogP) is 1.80. The fraction of sp³-hybridized carbons (Fsp3) is 0.368. The first-order chi connectivity index (χ1) is 12.4. The summed E-state index contributed by atoms with van der Waals surface area (Å²) in [7, 11) is 1.91. The van der Waals surface area contributed by atoms with Crippen molar-refractivity contribution in [3.63, 3.8) is 0 Å². The maximum atomic E-state index is 11.4. The SMILES string of the molecule is Cc1nn(C)c(C)c1-c1nc(CC(N)=O)nn1-c1ccc2c(c1)CCC2. The number of rotatable bonds is 4. The van der Waals surface area contributed by atoms with E-state index in [1.54, 1.807) is 0 Å². The van der Waals surface area contributed by atoms with Gasteiger partial charge in [0.05, 0.1) is 23.4 Å². The third kappa shape index (κ3) is 2.69. The fourth-order valence-corrected chi connectivity index (χ4v) is 3.71. The van der Waals surface area contributed by atoms with Crippen molar-refractivity contribution in [3.05, 3.63) is 46.5 Å². The van der Waals surface area contributed by atoms with Crippen LogP contribution in [0, 0.1) is 13.8 Å². The summed E-state index contributed by atoms with van der Waals surface area (Å²) < 4.78 is 3.65. The van der Waals surface area contributed by atoms with Crippen LogP contribution in [-0.2, 0) is 31.1 Å². The Hall–Kier alpha value is -2.96.